The average molecular weight is 313 g/mol. The third-order valence-electron chi connectivity index (χ3n) is 4.15. The Hall–Kier alpha value is -1.83. The second-order valence-electron chi connectivity index (χ2n) is 6.16. The summed E-state index contributed by atoms with van der Waals surface area (Å²) in [7, 11) is 0. The SMILES string of the molecule is Cc1c(C#CC2CC2)cccc1C(=N)N.NCC1CCCCO1. The van der Waals surface area contributed by atoms with Crippen molar-refractivity contribution in [2.24, 2.45) is 17.4 Å². The van der Waals surface area contributed by atoms with Crippen LogP contribution in [0.1, 0.15) is 48.8 Å². The van der Waals surface area contributed by atoms with Crippen LogP contribution in [0.2, 0.25) is 0 Å². The molecule has 1 unspecified atom stereocenters. The van der Waals surface area contributed by atoms with E-state index in [0.717, 1.165) is 29.7 Å². The van der Waals surface area contributed by atoms with E-state index in [1.165, 1.54) is 25.7 Å². The molecule has 1 aliphatic heterocycles. The molecule has 1 aromatic carbocycles. The summed E-state index contributed by atoms with van der Waals surface area (Å²) < 4.78 is 5.30. The Morgan fingerprint density at radius 1 is 1.30 bits per heavy atom. The molecule has 23 heavy (non-hydrogen) atoms. The summed E-state index contributed by atoms with van der Waals surface area (Å²) in [6.45, 7) is 3.58. The molecule has 3 rings (SSSR count). The number of nitrogens with one attached hydrogen (secondary N) is 1. The Labute approximate surface area is 139 Å². The molecule has 0 aromatic heterocycles. The first kappa shape index (κ1) is 17.5. The van der Waals surface area contributed by atoms with E-state index in [2.05, 4.69) is 11.8 Å². The van der Waals surface area contributed by atoms with Gasteiger partial charge in [-0.15, -0.1) is 0 Å². The van der Waals surface area contributed by atoms with Crippen molar-refractivity contribution in [3.63, 3.8) is 0 Å². The molecule has 124 valence electrons. The van der Waals surface area contributed by atoms with Crippen molar-refractivity contribution in [2.45, 2.75) is 45.1 Å². The standard InChI is InChI=1S/C13H14N2.C6H13NO/c1-9-11(8-7-10-5-6-10)3-2-4-12(9)13(14)15;7-5-6-3-1-2-4-8-6/h2-4,10H,5-6H2,1H3,(H3,14,15);6H,1-5,7H2. The number of hydrogen-bond acceptors (Lipinski definition) is 3. The largest absolute Gasteiger partial charge is 0.384 e. The van der Waals surface area contributed by atoms with Gasteiger partial charge in [0.05, 0.1) is 6.10 Å². The maximum absolute atomic E-state index is 7.43. The van der Waals surface area contributed by atoms with Gasteiger partial charge in [-0.05, 0) is 50.7 Å². The van der Waals surface area contributed by atoms with Gasteiger partial charge in [0, 0.05) is 30.2 Å². The topological polar surface area (TPSA) is 85.1 Å². The fourth-order valence-corrected chi connectivity index (χ4v) is 2.46. The van der Waals surface area contributed by atoms with Gasteiger partial charge in [-0.25, -0.2) is 0 Å². The smallest absolute Gasteiger partial charge is 0.123 e. The third-order valence-corrected chi connectivity index (χ3v) is 4.15. The molecule has 4 heteroatoms. The van der Waals surface area contributed by atoms with Gasteiger partial charge in [0.1, 0.15) is 5.84 Å². The lowest BCUT2D eigenvalue weighted by Crippen LogP contribution is -2.27. The highest BCUT2D eigenvalue weighted by molar-refractivity contribution is 5.96. The van der Waals surface area contributed by atoms with Gasteiger partial charge >= 0.3 is 0 Å². The Kier molecular flexibility index (Phi) is 6.64. The number of nitrogens with two attached hydrogens (primary N) is 2. The van der Waals surface area contributed by atoms with E-state index in [0.29, 0.717) is 18.6 Å². The highest BCUT2D eigenvalue weighted by Crippen LogP contribution is 2.27. The van der Waals surface area contributed by atoms with Crippen LogP contribution in [-0.4, -0.2) is 25.1 Å². The van der Waals surface area contributed by atoms with Gasteiger partial charge in [-0.3, -0.25) is 5.41 Å². The van der Waals surface area contributed by atoms with Gasteiger partial charge < -0.3 is 16.2 Å². The summed E-state index contributed by atoms with van der Waals surface area (Å²) in [6.07, 6.45) is 6.51. The van der Waals surface area contributed by atoms with Crippen LogP contribution >= 0.6 is 0 Å². The molecule has 0 radical (unpaired) electrons. The Balaban J connectivity index is 0.000000203. The van der Waals surface area contributed by atoms with Crippen LogP contribution in [0.4, 0.5) is 0 Å². The number of rotatable bonds is 2. The van der Waals surface area contributed by atoms with E-state index in [-0.39, 0.29) is 5.84 Å². The van der Waals surface area contributed by atoms with E-state index >= 15 is 0 Å². The van der Waals surface area contributed by atoms with Crippen LogP contribution < -0.4 is 11.5 Å². The second kappa shape index (κ2) is 8.71. The average Bonchev–Trinajstić information content (AvgIpc) is 3.39. The van der Waals surface area contributed by atoms with Crippen molar-refractivity contribution >= 4 is 5.84 Å². The molecule has 2 fully saturated rings. The van der Waals surface area contributed by atoms with Gasteiger partial charge in [0.2, 0.25) is 0 Å². The van der Waals surface area contributed by atoms with Gasteiger partial charge in [-0.1, -0.05) is 24.0 Å². The first-order valence-electron chi connectivity index (χ1n) is 8.39. The summed E-state index contributed by atoms with van der Waals surface area (Å²) in [5.74, 6) is 7.10. The molecule has 1 saturated carbocycles. The van der Waals surface area contributed by atoms with E-state index < -0.39 is 0 Å². The summed E-state index contributed by atoms with van der Waals surface area (Å²) in [5.41, 5.74) is 13.7. The van der Waals surface area contributed by atoms with Crippen LogP contribution in [-0.2, 0) is 4.74 Å². The monoisotopic (exact) mass is 313 g/mol. The molecule has 1 heterocycles. The van der Waals surface area contributed by atoms with Crippen LogP contribution in [0.25, 0.3) is 0 Å². The maximum Gasteiger partial charge on any atom is 0.123 e. The number of hydrogen-bond donors (Lipinski definition) is 3. The molecule has 1 aliphatic carbocycles. The van der Waals surface area contributed by atoms with Crippen LogP contribution in [0, 0.1) is 30.1 Å². The summed E-state index contributed by atoms with van der Waals surface area (Å²) in [5, 5.41) is 7.43. The predicted octanol–water partition coefficient (Wildman–Crippen LogP) is 2.55. The van der Waals surface area contributed by atoms with Gasteiger partial charge in [0.15, 0.2) is 0 Å². The van der Waals surface area contributed by atoms with Crippen molar-refractivity contribution in [1.82, 2.24) is 0 Å². The lowest BCUT2D eigenvalue weighted by atomic mass is 10.0. The Morgan fingerprint density at radius 2 is 2.09 bits per heavy atom. The summed E-state index contributed by atoms with van der Waals surface area (Å²) >= 11 is 0. The molecule has 1 atom stereocenters. The van der Waals surface area contributed by atoms with E-state index in [4.69, 9.17) is 21.6 Å². The number of amidine groups is 1. The Morgan fingerprint density at radius 3 is 2.61 bits per heavy atom. The minimum Gasteiger partial charge on any atom is -0.384 e. The minimum absolute atomic E-state index is 0.113. The van der Waals surface area contributed by atoms with Gasteiger partial charge in [-0.2, -0.15) is 0 Å². The van der Waals surface area contributed by atoms with Crippen molar-refractivity contribution in [1.29, 1.82) is 5.41 Å². The number of ether oxygens (including phenoxy) is 1. The van der Waals surface area contributed by atoms with Crippen LogP contribution in [0.3, 0.4) is 0 Å². The second-order valence-corrected chi connectivity index (χ2v) is 6.16. The van der Waals surface area contributed by atoms with Gasteiger partial charge in [0.25, 0.3) is 0 Å². The first-order chi connectivity index (χ1) is 11.1. The quantitative estimate of drug-likeness (QED) is 0.445. The number of benzene rings is 1. The molecule has 1 saturated heterocycles. The van der Waals surface area contributed by atoms with Crippen LogP contribution in [0.5, 0.6) is 0 Å². The molecular formula is C19H27N3O. The molecule has 0 amide bonds. The van der Waals surface area contributed by atoms with E-state index in [1.54, 1.807) is 0 Å². The molecule has 1 aromatic rings. The van der Waals surface area contributed by atoms with Crippen molar-refractivity contribution < 1.29 is 4.74 Å². The van der Waals surface area contributed by atoms with E-state index in [1.807, 2.05) is 25.1 Å². The zero-order chi connectivity index (χ0) is 16.7. The first-order valence-corrected chi connectivity index (χ1v) is 8.39. The van der Waals surface area contributed by atoms with Crippen molar-refractivity contribution in [2.75, 3.05) is 13.2 Å². The molecule has 0 spiro atoms. The third kappa shape index (κ3) is 5.70. The lowest BCUT2D eigenvalue weighted by molar-refractivity contribution is 0.0222. The molecule has 4 nitrogen and oxygen atoms in total. The summed E-state index contributed by atoms with van der Waals surface area (Å²) in [4.78, 5) is 0. The van der Waals surface area contributed by atoms with E-state index in [9.17, 15) is 0 Å². The molecule has 2 aliphatic rings. The fraction of sp³-hybridized carbons (Fsp3) is 0.526. The maximum atomic E-state index is 7.43. The predicted molar refractivity (Wildman–Crippen MR) is 94.4 cm³/mol. The van der Waals surface area contributed by atoms with Crippen LogP contribution in [0.15, 0.2) is 18.2 Å². The zero-order valence-electron chi connectivity index (χ0n) is 13.9. The fourth-order valence-electron chi connectivity index (χ4n) is 2.46. The lowest BCUT2D eigenvalue weighted by Gasteiger charge is -2.20. The van der Waals surface area contributed by atoms with Crippen molar-refractivity contribution in [3.05, 3.63) is 34.9 Å². The zero-order valence-corrected chi connectivity index (χ0v) is 13.9. The molecular weight excluding hydrogens is 286 g/mol. The highest BCUT2D eigenvalue weighted by atomic mass is 16.5. The summed E-state index contributed by atoms with van der Waals surface area (Å²) in [6, 6.07) is 5.75. The number of nitrogen functional groups attached to an aromatic ring is 1. The molecule has 0 bridgehead atoms. The Bertz CT molecular complexity index is 590. The molecule has 5 N–H and O–H groups in total. The normalized spacial score (nSPS) is 19.8. The minimum atomic E-state index is 0.113. The highest BCUT2D eigenvalue weighted by Gasteiger charge is 2.17. The van der Waals surface area contributed by atoms with Crippen molar-refractivity contribution in [3.8, 4) is 11.8 Å².